The summed E-state index contributed by atoms with van der Waals surface area (Å²) in [5, 5.41) is 0. The second-order valence-corrected chi connectivity index (χ2v) is 6.89. The zero-order valence-corrected chi connectivity index (χ0v) is 14.7. The fourth-order valence-corrected chi connectivity index (χ4v) is 3.53. The summed E-state index contributed by atoms with van der Waals surface area (Å²) >= 11 is 0. The summed E-state index contributed by atoms with van der Waals surface area (Å²) in [6.45, 7) is 5.82. The topological polar surface area (TPSA) is 29.5 Å². The number of benzene rings is 2. The molecule has 0 amide bonds. The van der Waals surface area contributed by atoms with Crippen molar-refractivity contribution in [2.45, 2.75) is 39.4 Å². The number of hydrogen-bond acceptors (Lipinski definition) is 3. The largest absolute Gasteiger partial charge is 0.468 e. The van der Waals surface area contributed by atoms with E-state index in [0.29, 0.717) is 5.92 Å². The predicted octanol–water partition coefficient (Wildman–Crippen LogP) is 4.26. The summed E-state index contributed by atoms with van der Waals surface area (Å²) in [5.41, 5.74) is 5.06. The predicted molar refractivity (Wildman–Crippen MR) is 96.4 cm³/mol. The van der Waals surface area contributed by atoms with E-state index in [9.17, 15) is 4.79 Å². The van der Waals surface area contributed by atoms with Crippen LogP contribution < -0.4 is 0 Å². The van der Waals surface area contributed by atoms with Gasteiger partial charge in [0, 0.05) is 13.1 Å². The minimum Gasteiger partial charge on any atom is -0.468 e. The summed E-state index contributed by atoms with van der Waals surface area (Å²) in [5.74, 6) is 0.295. The van der Waals surface area contributed by atoms with Crippen molar-refractivity contribution in [3.63, 3.8) is 0 Å². The summed E-state index contributed by atoms with van der Waals surface area (Å²) < 4.78 is 5.10. The molecule has 3 nitrogen and oxygen atoms in total. The number of methoxy groups -OCH3 is 1. The van der Waals surface area contributed by atoms with Crippen LogP contribution in [0.25, 0.3) is 11.1 Å². The van der Waals surface area contributed by atoms with Crippen LogP contribution in [0.4, 0.5) is 0 Å². The van der Waals surface area contributed by atoms with Gasteiger partial charge in [-0.3, -0.25) is 9.69 Å². The lowest BCUT2D eigenvalue weighted by atomic mass is 9.97. The van der Waals surface area contributed by atoms with Crippen molar-refractivity contribution in [2.24, 2.45) is 5.92 Å². The Labute approximate surface area is 144 Å². The van der Waals surface area contributed by atoms with E-state index in [1.807, 2.05) is 0 Å². The second-order valence-electron chi connectivity index (χ2n) is 6.89. The van der Waals surface area contributed by atoms with E-state index >= 15 is 0 Å². The zero-order chi connectivity index (χ0) is 17.1. The number of rotatable bonds is 4. The first-order valence-electron chi connectivity index (χ1n) is 8.58. The maximum atomic E-state index is 12.4. The van der Waals surface area contributed by atoms with Gasteiger partial charge in [-0.15, -0.1) is 0 Å². The molecule has 24 heavy (non-hydrogen) atoms. The van der Waals surface area contributed by atoms with Crippen LogP contribution in [0.3, 0.4) is 0 Å². The Hall–Kier alpha value is -2.13. The van der Waals surface area contributed by atoms with E-state index in [-0.39, 0.29) is 12.0 Å². The molecule has 0 saturated heterocycles. The van der Waals surface area contributed by atoms with Crippen LogP contribution in [0.1, 0.15) is 31.4 Å². The molecule has 0 fully saturated rings. The minimum atomic E-state index is -0.214. The second kappa shape index (κ2) is 7.18. The van der Waals surface area contributed by atoms with E-state index < -0.39 is 0 Å². The van der Waals surface area contributed by atoms with Gasteiger partial charge in [0.25, 0.3) is 0 Å². The van der Waals surface area contributed by atoms with Crippen molar-refractivity contribution in [1.82, 2.24) is 4.90 Å². The number of carbonyl (C=O) groups is 1. The molecule has 2 aromatic rings. The lowest BCUT2D eigenvalue weighted by Gasteiger charge is -2.30. The van der Waals surface area contributed by atoms with Crippen molar-refractivity contribution in [1.29, 1.82) is 0 Å². The normalized spacial score (nSPS) is 15.3. The van der Waals surface area contributed by atoms with E-state index in [4.69, 9.17) is 4.74 Å². The molecule has 0 radical (unpaired) electrons. The highest BCUT2D eigenvalue weighted by Crippen LogP contribution is 2.34. The molecular weight excluding hydrogens is 298 g/mol. The molecule has 0 aliphatic carbocycles. The number of nitrogens with zero attached hydrogens (tertiary/aromatic N) is 1. The van der Waals surface area contributed by atoms with Crippen molar-refractivity contribution < 1.29 is 9.53 Å². The molecule has 1 unspecified atom stereocenters. The molecule has 1 heterocycles. The maximum absolute atomic E-state index is 12.4. The Balaban J connectivity index is 2.04. The average molecular weight is 323 g/mol. The fraction of sp³-hybridized carbons (Fsp3) is 0.381. The molecular formula is C21H25NO2. The first kappa shape index (κ1) is 16.7. The molecule has 0 aromatic heterocycles. The van der Waals surface area contributed by atoms with Gasteiger partial charge in [-0.2, -0.15) is 0 Å². The number of fused-ring (bicyclic) bond motifs is 3. The summed E-state index contributed by atoms with van der Waals surface area (Å²) in [4.78, 5) is 14.7. The molecule has 3 heteroatoms. The Morgan fingerprint density at radius 2 is 1.50 bits per heavy atom. The van der Waals surface area contributed by atoms with Gasteiger partial charge in [0.2, 0.25) is 0 Å². The lowest BCUT2D eigenvalue weighted by Crippen LogP contribution is -2.41. The highest BCUT2D eigenvalue weighted by Gasteiger charge is 2.30. The summed E-state index contributed by atoms with van der Waals surface area (Å²) in [6.07, 6.45) is 0.803. The van der Waals surface area contributed by atoms with E-state index in [2.05, 4.69) is 67.3 Å². The molecule has 0 spiro atoms. The van der Waals surface area contributed by atoms with Crippen LogP contribution in [0.15, 0.2) is 48.5 Å². The maximum Gasteiger partial charge on any atom is 0.323 e. The number of carbonyl (C=O) groups excluding carboxylic acids is 1. The quantitative estimate of drug-likeness (QED) is 0.788. The zero-order valence-electron chi connectivity index (χ0n) is 14.7. The first-order chi connectivity index (χ1) is 11.6. The van der Waals surface area contributed by atoms with Crippen LogP contribution in [0.2, 0.25) is 0 Å². The standard InChI is InChI=1S/C21H25NO2/c1-15(2)12-20(21(23)24-3)22-13-16-8-4-6-10-18(16)19-11-7-5-9-17(19)14-22/h4-11,15,20H,12-14H2,1-3H3. The summed E-state index contributed by atoms with van der Waals surface area (Å²) in [6, 6.07) is 16.8. The van der Waals surface area contributed by atoms with Crippen LogP contribution >= 0.6 is 0 Å². The SMILES string of the molecule is COC(=O)C(CC(C)C)N1Cc2ccccc2-c2ccccc2C1. The van der Waals surface area contributed by atoms with Gasteiger partial charge in [0.15, 0.2) is 0 Å². The smallest absolute Gasteiger partial charge is 0.323 e. The fourth-order valence-electron chi connectivity index (χ4n) is 3.53. The molecule has 0 saturated carbocycles. The number of hydrogen-bond donors (Lipinski definition) is 0. The molecule has 1 aliphatic rings. The Morgan fingerprint density at radius 1 is 1.00 bits per heavy atom. The molecule has 0 bridgehead atoms. The molecule has 3 rings (SSSR count). The van der Waals surface area contributed by atoms with Gasteiger partial charge in [0.05, 0.1) is 7.11 Å². The van der Waals surface area contributed by atoms with Gasteiger partial charge in [-0.05, 0) is 34.6 Å². The van der Waals surface area contributed by atoms with Gasteiger partial charge >= 0.3 is 5.97 Å². The van der Waals surface area contributed by atoms with E-state index in [1.54, 1.807) is 0 Å². The number of ether oxygens (including phenoxy) is 1. The van der Waals surface area contributed by atoms with E-state index in [0.717, 1.165) is 19.5 Å². The average Bonchev–Trinajstić information content (AvgIpc) is 2.75. The van der Waals surface area contributed by atoms with E-state index in [1.165, 1.54) is 29.4 Å². The van der Waals surface area contributed by atoms with Crippen molar-refractivity contribution in [2.75, 3.05) is 7.11 Å². The van der Waals surface area contributed by atoms with Gasteiger partial charge in [-0.25, -0.2) is 0 Å². The third-order valence-electron chi connectivity index (χ3n) is 4.68. The highest BCUT2D eigenvalue weighted by atomic mass is 16.5. The Bertz CT molecular complexity index is 676. The van der Waals surface area contributed by atoms with Crippen LogP contribution in [0.5, 0.6) is 0 Å². The monoisotopic (exact) mass is 323 g/mol. The highest BCUT2D eigenvalue weighted by molar-refractivity contribution is 5.76. The molecule has 1 atom stereocenters. The minimum absolute atomic E-state index is 0.138. The van der Waals surface area contributed by atoms with Gasteiger partial charge < -0.3 is 4.74 Å². The molecule has 1 aliphatic heterocycles. The first-order valence-corrected chi connectivity index (χ1v) is 8.58. The summed E-state index contributed by atoms with van der Waals surface area (Å²) in [7, 11) is 1.48. The van der Waals surface area contributed by atoms with Crippen LogP contribution in [-0.4, -0.2) is 24.0 Å². The molecule has 126 valence electrons. The van der Waals surface area contributed by atoms with Crippen molar-refractivity contribution in [3.05, 3.63) is 59.7 Å². The van der Waals surface area contributed by atoms with Gasteiger partial charge in [-0.1, -0.05) is 62.4 Å². The lowest BCUT2D eigenvalue weighted by molar-refractivity contribution is -0.148. The van der Waals surface area contributed by atoms with Crippen LogP contribution in [-0.2, 0) is 22.6 Å². The Morgan fingerprint density at radius 3 is 1.96 bits per heavy atom. The van der Waals surface area contributed by atoms with Crippen molar-refractivity contribution >= 4 is 5.97 Å². The van der Waals surface area contributed by atoms with Gasteiger partial charge in [0.1, 0.15) is 6.04 Å². The third kappa shape index (κ3) is 3.36. The van der Waals surface area contributed by atoms with Crippen molar-refractivity contribution in [3.8, 4) is 11.1 Å². The van der Waals surface area contributed by atoms with Crippen LogP contribution in [0, 0.1) is 5.92 Å². The molecule has 2 aromatic carbocycles. The Kier molecular flexibility index (Phi) is 5.00. The third-order valence-corrected chi connectivity index (χ3v) is 4.68. The number of esters is 1. The molecule has 0 N–H and O–H groups in total.